The number of aryl methyl sites for hydroxylation is 1. The van der Waals surface area contributed by atoms with Crippen molar-refractivity contribution in [3.05, 3.63) is 53.0 Å². The number of hydrogen-bond acceptors (Lipinski definition) is 14. The zero-order chi connectivity index (χ0) is 36.8. The van der Waals surface area contributed by atoms with E-state index in [1.54, 1.807) is 18.3 Å². The number of benzene rings is 1. The minimum absolute atomic E-state index is 0.0965. The molecule has 278 valence electrons. The number of fused-ring (bicyclic) bond motifs is 1. The lowest BCUT2D eigenvalue weighted by molar-refractivity contribution is -0.136. The number of rotatable bonds is 10. The fourth-order valence-corrected chi connectivity index (χ4v) is 8.85. The number of primary amides is 1. The van der Waals surface area contributed by atoms with Gasteiger partial charge in [-0.25, -0.2) is 9.97 Å². The molecule has 2 atom stereocenters. The lowest BCUT2D eigenvalue weighted by atomic mass is 9.95. The van der Waals surface area contributed by atoms with Crippen molar-refractivity contribution in [2.75, 3.05) is 60.9 Å². The van der Waals surface area contributed by atoms with Crippen LogP contribution in [-0.4, -0.2) is 118 Å². The molecule has 1 unspecified atom stereocenters. The number of carbonyl (C=O) groups is 5. The monoisotopic (exact) mass is 741 g/mol. The third kappa shape index (κ3) is 7.20. The number of hydrogen-bond donors (Lipinski definition) is 4. The van der Waals surface area contributed by atoms with Crippen LogP contribution >= 0.6 is 11.5 Å². The van der Waals surface area contributed by atoms with Gasteiger partial charge in [0.05, 0.1) is 23.0 Å². The highest BCUT2D eigenvalue weighted by Gasteiger charge is 2.45. The first-order chi connectivity index (χ1) is 25.6. The van der Waals surface area contributed by atoms with Crippen molar-refractivity contribution >= 4 is 63.4 Å². The third-order valence-corrected chi connectivity index (χ3v) is 11.7. The summed E-state index contributed by atoms with van der Waals surface area (Å²) in [5.41, 5.74) is 8.09. The summed E-state index contributed by atoms with van der Waals surface area (Å²) in [6.45, 7) is 8.40. The quantitative estimate of drug-likeness (QED) is 0.219. The molecular weight excluding hydrogens is 699 g/mol. The molecule has 4 saturated heterocycles. The van der Waals surface area contributed by atoms with Crippen LogP contribution in [0.15, 0.2) is 30.5 Å². The average Bonchev–Trinajstić information content (AvgIpc) is 3.65. The van der Waals surface area contributed by atoms with Gasteiger partial charge in [0.2, 0.25) is 11.8 Å². The molecule has 4 fully saturated rings. The van der Waals surface area contributed by atoms with E-state index in [0.717, 1.165) is 92.8 Å². The highest BCUT2D eigenvalue weighted by atomic mass is 32.1. The molecule has 7 heterocycles. The highest BCUT2D eigenvalue weighted by Crippen LogP contribution is 2.34. The van der Waals surface area contributed by atoms with Crippen LogP contribution in [0.5, 0.6) is 0 Å². The Morgan fingerprint density at radius 3 is 2.49 bits per heavy atom. The molecule has 5 amide bonds. The summed E-state index contributed by atoms with van der Waals surface area (Å²) < 4.78 is 4.29. The Kier molecular flexibility index (Phi) is 9.55. The smallest absolute Gasteiger partial charge is 0.271 e. The number of aromatic nitrogens is 3. The number of piperidine rings is 3. The first kappa shape index (κ1) is 35.1. The fourth-order valence-electron chi connectivity index (χ4n) is 8.19. The van der Waals surface area contributed by atoms with E-state index in [0.29, 0.717) is 40.8 Å². The van der Waals surface area contributed by atoms with E-state index in [1.807, 2.05) is 19.1 Å². The van der Waals surface area contributed by atoms with E-state index in [1.165, 1.54) is 11.5 Å². The van der Waals surface area contributed by atoms with Crippen molar-refractivity contribution in [3.8, 4) is 0 Å². The number of nitrogens with zero attached hydrogens (tertiary/aromatic N) is 7. The molecule has 17 heteroatoms. The second-order valence-corrected chi connectivity index (χ2v) is 15.5. The van der Waals surface area contributed by atoms with E-state index < -0.39 is 29.7 Å². The fraction of sp³-hybridized carbons (Fsp3) is 0.500. The molecule has 5 aliphatic rings. The predicted molar refractivity (Wildman–Crippen MR) is 197 cm³/mol. The highest BCUT2D eigenvalue weighted by molar-refractivity contribution is 7.10. The number of likely N-dealkylation sites (tertiary alicyclic amines) is 1. The Bertz CT molecular complexity index is 1960. The molecule has 3 aromatic rings. The van der Waals surface area contributed by atoms with Gasteiger partial charge < -0.3 is 31.1 Å². The molecule has 0 radical (unpaired) electrons. The molecule has 8 rings (SSSR count). The van der Waals surface area contributed by atoms with Gasteiger partial charge in [0, 0.05) is 62.8 Å². The van der Waals surface area contributed by atoms with E-state index >= 15 is 0 Å². The van der Waals surface area contributed by atoms with Gasteiger partial charge in [-0.2, -0.15) is 4.37 Å². The number of imide groups is 2. The summed E-state index contributed by atoms with van der Waals surface area (Å²) in [7, 11) is 0. The zero-order valence-corrected chi connectivity index (χ0v) is 30.4. The lowest BCUT2D eigenvalue weighted by Crippen LogP contribution is -2.55. The Hall–Kier alpha value is -5.00. The molecule has 0 spiro atoms. The van der Waals surface area contributed by atoms with Crippen molar-refractivity contribution in [2.45, 2.75) is 63.6 Å². The predicted octanol–water partition coefficient (Wildman–Crippen LogP) is 1.64. The number of nitrogens with two attached hydrogens (primary N) is 1. The van der Waals surface area contributed by atoms with Gasteiger partial charge in [-0.1, -0.05) is 0 Å². The molecule has 1 aromatic carbocycles. The largest absolute Gasteiger partial charge is 0.371 e. The van der Waals surface area contributed by atoms with Crippen molar-refractivity contribution in [1.82, 2.24) is 34.8 Å². The summed E-state index contributed by atoms with van der Waals surface area (Å²) in [6, 6.07) is 7.01. The van der Waals surface area contributed by atoms with Crippen molar-refractivity contribution in [1.29, 1.82) is 0 Å². The van der Waals surface area contributed by atoms with Crippen molar-refractivity contribution in [2.24, 2.45) is 11.7 Å². The first-order valence-electron chi connectivity index (χ1n) is 18.3. The minimum atomic E-state index is -0.965. The molecule has 53 heavy (non-hydrogen) atoms. The Balaban J connectivity index is 0.799. The van der Waals surface area contributed by atoms with Gasteiger partial charge in [-0.05, 0) is 87.9 Å². The Morgan fingerprint density at radius 1 is 0.962 bits per heavy atom. The number of amides is 5. The Labute approximate surface area is 310 Å². The van der Waals surface area contributed by atoms with Crippen LogP contribution < -0.4 is 31.5 Å². The minimum Gasteiger partial charge on any atom is -0.371 e. The van der Waals surface area contributed by atoms with Crippen molar-refractivity contribution in [3.63, 3.8) is 0 Å². The van der Waals surface area contributed by atoms with Crippen LogP contribution in [0, 0.1) is 12.8 Å². The van der Waals surface area contributed by atoms with Gasteiger partial charge in [-0.15, -0.1) is 0 Å². The van der Waals surface area contributed by atoms with E-state index in [2.05, 4.69) is 40.0 Å². The second-order valence-electron chi connectivity index (χ2n) is 14.7. The standard InChI is InChI=1S/C36H43N11O5S/c1-20-13-30(53-43-20)42-33-31(32(37)49)38-15-28(40-33)45-10-2-3-23(19-45)39-22-8-11-44(12-9-22)16-21-17-46(18-21)24-4-5-25-26(14-24)36(52)47(35(25)51)27-6-7-29(48)41-34(27)50/h4-5,13-15,21-23,27,39H,2-3,6-12,16-19H2,1H3,(H2,37,49)(H,40,42)(H,41,48,50)/t23-,27?/m1/s1. The van der Waals surface area contributed by atoms with Gasteiger partial charge in [0.25, 0.3) is 17.7 Å². The van der Waals surface area contributed by atoms with Gasteiger partial charge in [-0.3, -0.25) is 34.2 Å². The van der Waals surface area contributed by atoms with Crippen LogP contribution in [0.25, 0.3) is 0 Å². The van der Waals surface area contributed by atoms with Gasteiger partial charge in [0.15, 0.2) is 11.5 Å². The van der Waals surface area contributed by atoms with Crippen LogP contribution in [0.4, 0.5) is 22.3 Å². The number of nitrogens with one attached hydrogen (secondary N) is 3. The number of anilines is 4. The van der Waals surface area contributed by atoms with Crippen molar-refractivity contribution < 1.29 is 24.0 Å². The molecule has 0 saturated carbocycles. The topological polar surface area (TPSA) is 199 Å². The summed E-state index contributed by atoms with van der Waals surface area (Å²) in [6.07, 6.45) is 6.14. The summed E-state index contributed by atoms with van der Waals surface area (Å²) in [5, 5.41) is 10.1. The third-order valence-electron chi connectivity index (χ3n) is 10.9. The molecule has 16 nitrogen and oxygen atoms in total. The molecule has 0 bridgehead atoms. The molecule has 0 aliphatic carbocycles. The second kappa shape index (κ2) is 14.4. The molecule has 2 aromatic heterocycles. The van der Waals surface area contributed by atoms with Crippen LogP contribution in [0.3, 0.4) is 0 Å². The lowest BCUT2D eigenvalue weighted by Gasteiger charge is -2.45. The normalized spacial score (nSPS) is 22.9. The van der Waals surface area contributed by atoms with E-state index in [9.17, 15) is 24.0 Å². The maximum absolute atomic E-state index is 13.3. The maximum atomic E-state index is 13.3. The average molecular weight is 742 g/mol. The van der Waals surface area contributed by atoms with Gasteiger partial charge >= 0.3 is 0 Å². The van der Waals surface area contributed by atoms with Crippen LogP contribution in [0.1, 0.15) is 75.4 Å². The summed E-state index contributed by atoms with van der Waals surface area (Å²) in [5.74, 6) is -1.03. The Morgan fingerprint density at radius 2 is 1.75 bits per heavy atom. The first-order valence-corrected chi connectivity index (χ1v) is 19.1. The van der Waals surface area contributed by atoms with E-state index in [-0.39, 0.29) is 24.4 Å². The summed E-state index contributed by atoms with van der Waals surface area (Å²) in [4.78, 5) is 79.5. The maximum Gasteiger partial charge on any atom is 0.271 e. The van der Waals surface area contributed by atoms with Crippen LogP contribution in [0.2, 0.25) is 0 Å². The van der Waals surface area contributed by atoms with Gasteiger partial charge in [0.1, 0.15) is 16.9 Å². The van der Waals surface area contributed by atoms with Crippen LogP contribution in [-0.2, 0) is 9.59 Å². The zero-order valence-electron chi connectivity index (χ0n) is 29.5. The number of carbonyl (C=O) groups excluding carboxylic acids is 5. The molecular formula is C36H43N11O5S. The summed E-state index contributed by atoms with van der Waals surface area (Å²) >= 11 is 1.29. The van der Waals surface area contributed by atoms with E-state index in [4.69, 9.17) is 10.7 Å². The molecule has 5 N–H and O–H groups in total. The molecule has 5 aliphatic heterocycles. The SMILES string of the molecule is Cc1cc(Nc2nc(N3CCC[C@@H](NC4CCN(CC5CN(c6ccc7c(c6)C(=O)N(C6CCC(=O)NC6=O)C7=O)C5)CC4)C3)cnc2C(N)=O)sn1.